The van der Waals surface area contributed by atoms with Gasteiger partial charge in [0.15, 0.2) is 0 Å². The highest BCUT2D eigenvalue weighted by Crippen LogP contribution is 2.17. The van der Waals surface area contributed by atoms with Gasteiger partial charge in [0, 0.05) is 17.3 Å². The number of thiazole rings is 1. The largest absolute Gasteiger partial charge is 0.396 e. The summed E-state index contributed by atoms with van der Waals surface area (Å²) in [5.41, 5.74) is 9.38. The van der Waals surface area contributed by atoms with E-state index >= 15 is 0 Å². The molecule has 3 N–H and O–H groups in total. The van der Waals surface area contributed by atoms with Crippen molar-refractivity contribution in [2.75, 3.05) is 11.1 Å². The van der Waals surface area contributed by atoms with Gasteiger partial charge < -0.3 is 11.1 Å². The Balaban J connectivity index is 2.05. The number of aromatic nitrogens is 2. The fraction of sp³-hybridized carbons (Fsp3) is 0.200. The minimum absolute atomic E-state index is 0.680. The zero-order chi connectivity index (χ0) is 10.7. The van der Waals surface area contributed by atoms with Crippen molar-refractivity contribution in [2.24, 2.45) is 0 Å². The highest BCUT2D eigenvalue weighted by Gasteiger charge is 2.01. The fourth-order valence-electron chi connectivity index (χ4n) is 1.24. The first-order valence-corrected chi connectivity index (χ1v) is 5.47. The van der Waals surface area contributed by atoms with Crippen LogP contribution in [0.3, 0.4) is 0 Å². The molecule has 0 radical (unpaired) electrons. The third-order valence-corrected chi connectivity index (χ3v) is 2.75. The molecule has 0 amide bonds. The van der Waals surface area contributed by atoms with Crippen LogP contribution >= 0.6 is 11.3 Å². The first kappa shape index (κ1) is 9.92. The van der Waals surface area contributed by atoms with Gasteiger partial charge in [0.2, 0.25) is 0 Å². The lowest BCUT2D eigenvalue weighted by Crippen LogP contribution is -2.03. The fourth-order valence-corrected chi connectivity index (χ4v) is 1.77. The summed E-state index contributed by atoms with van der Waals surface area (Å²) in [5.74, 6) is 0.731. The van der Waals surface area contributed by atoms with Crippen LogP contribution < -0.4 is 11.1 Å². The zero-order valence-electron chi connectivity index (χ0n) is 8.40. The lowest BCUT2D eigenvalue weighted by molar-refractivity contribution is 1.13. The Morgan fingerprint density at radius 1 is 1.47 bits per heavy atom. The molecule has 0 fully saturated rings. The van der Waals surface area contributed by atoms with Crippen LogP contribution in [0, 0.1) is 6.92 Å². The summed E-state index contributed by atoms with van der Waals surface area (Å²) in [6, 6.07) is 1.90. The van der Waals surface area contributed by atoms with Gasteiger partial charge in [0.05, 0.1) is 17.7 Å². The van der Waals surface area contributed by atoms with E-state index in [1.54, 1.807) is 17.5 Å². The van der Waals surface area contributed by atoms with Gasteiger partial charge in [-0.25, -0.2) is 4.98 Å². The molecule has 2 heterocycles. The second-order valence-electron chi connectivity index (χ2n) is 3.27. The van der Waals surface area contributed by atoms with Gasteiger partial charge >= 0.3 is 0 Å². The molecule has 0 unspecified atom stereocenters. The molecule has 2 aromatic heterocycles. The van der Waals surface area contributed by atoms with E-state index in [0.29, 0.717) is 12.2 Å². The SMILES string of the molecule is Cc1cnc(NCc2cncs2)c(N)c1. The first-order valence-electron chi connectivity index (χ1n) is 4.59. The molecule has 0 saturated heterocycles. The van der Waals surface area contributed by atoms with Crippen molar-refractivity contribution in [2.45, 2.75) is 13.5 Å². The Morgan fingerprint density at radius 2 is 2.33 bits per heavy atom. The average Bonchev–Trinajstić information content (AvgIpc) is 2.69. The van der Waals surface area contributed by atoms with E-state index in [4.69, 9.17) is 5.73 Å². The van der Waals surface area contributed by atoms with E-state index in [9.17, 15) is 0 Å². The van der Waals surface area contributed by atoms with Gasteiger partial charge in [0.25, 0.3) is 0 Å². The normalized spacial score (nSPS) is 10.2. The van der Waals surface area contributed by atoms with Crippen molar-refractivity contribution in [1.82, 2.24) is 9.97 Å². The molecule has 0 atom stereocenters. The van der Waals surface area contributed by atoms with Gasteiger partial charge in [-0.2, -0.15) is 0 Å². The number of nitrogen functional groups attached to an aromatic ring is 1. The number of rotatable bonds is 3. The number of nitrogens with zero attached hydrogens (tertiary/aromatic N) is 2. The van der Waals surface area contributed by atoms with Crippen LogP contribution in [0.1, 0.15) is 10.4 Å². The van der Waals surface area contributed by atoms with Gasteiger partial charge in [-0.1, -0.05) is 0 Å². The van der Waals surface area contributed by atoms with Crippen LogP contribution in [0.4, 0.5) is 11.5 Å². The quantitative estimate of drug-likeness (QED) is 0.830. The molecule has 0 aromatic carbocycles. The molecule has 2 rings (SSSR count). The maximum absolute atomic E-state index is 5.82. The molecule has 0 bridgehead atoms. The standard InChI is InChI=1S/C10H12N4S/c1-7-2-9(11)10(13-3-7)14-5-8-4-12-6-15-8/h2-4,6H,5,11H2,1H3,(H,13,14). The maximum Gasteiger partial charge on any atom is 0.149 e. The third kappa shape index (κ3) is 2.44. The molecule has 0 aliphatic carbocycles. The number of nitrogens with two attached hydrogens (primary N) is 1. The summed E-state index contributed by atoms with van der Waals surface area (Å²) in [6.07, 6.45) is 3.63. The number of aryl methyl sites for hydroxylation is 1. The molecule has 0 aliphatic rings. The van der Waals surface area contributed by atoms with Crippen LogP contribution in [0.15, 0.2) is 24.0 Å². The first-order chi connectivity index (χ1) is 7.25. The molecule has 0 aliphatic heterocycles. The molecular formula is C10H12N4S. The highest BCUT2D eigenvalue weighted by atomic mass is 32.1. The molecule has 5 heteroatoms. The predicted octanol–water partition coefficient (Wildman–Crippen LogP) is 2.04. The van der Waals surface area contributed by atoms with Gasteiger partial charge in [-0.05, 0) is 18.6 Å². The van der Waals surface area contributed by atoms with Crippen molar-refractivity contribution in [1.29, 1.82) is 0 Å². The lowest BCUT2D eigenvalue weighted by Gasteiger charge is -2.07. The Hall–Kier alpha value is -1.62. The average molecular weight is 220 g/mol. The van der Waals surface area contributed by atoms with Crippen molar-refractivity contribution in [3.63, 3.8) is 0 Å². The summed E-state index contributed by atoms with van der Waals surface area (Å²) in [7, 11) is 0. The molecular weight excluding hydrogens is 208 g/mol. The highest BCUT2D eigenvalue weighted by molar-refractivity contribution is 7.09. The Kier molecular flexibility index (Phi) is 2.82. The van der Waals surface area contributed by atoms with E-state index < -0.39 is 0 Å². The summed E-state index contributed by atoms with van der Waals surface area (Å²) in [4.78, 5) is 9.39. The third-order valence-electron chi connectivity index (χ3n) is 1.97. The predicted molar refractivity (Wildman–Crippen MR) is 62.8 cm³/mol. The van der Waals surface area contributed by atoms with Crippen molar-refractivity contribution < 1.29 is 0 Å². The van der Waals surface area contributed by atoms with Crippen LogP contribution in [0.2, 0.25) is 0 Å². The number of pyridine rings is 1. The Morgan fingerprint density at radius 3 is 3.00 bits per heavy atom. The summed E-state index contributed by atoms with van der Waals surface area (Å²) < 4.78 is 0. The molecule has 15 heavy (non-hydrogen) atoms. The zero-order valence-corrected chi connectivity index (χ0v) is 9.21. The number of hydrogen-bond donors (Lipinski definition) is 2. The second kappa shape index (κ2) is 4.27. The molecule has 0 spiro atoms. The molecule has 78 valence electrons. The number of nitrogens with one attached hydrogen (secondary N) is 1. The van der Waals surface area contributed by atoms with Crippen LogP contribution in [0.25, 0.3) is 0 Å². The Labute approximate surface area is 92.2 Å². The van der Waals surface area contributed by atoms with E-state index in [1.165, 1.54) is 0 Å². The maximum atomic E-state index is 5.82. The van der Waals surface area contributed by atoms with Gasteiger partial charge in [0.1, 0.15) is 5.82 Å². The molecule has 0 saturated carbocycles. The minimum atomic E-state index is 0.680. The van der Waals surface area contributed by atoms with E-state index in [2.05, 4.69) is 15.3 Å². The summed E-state index contributed by atoms with van der Waals surface area (Å²) in [6.45, 7) is 2.68. The van der Waals surface area contributed by atoms with Crippen LogP contribution in [0.5, 0.6) is 0 Å². The topological polar surface area (TPSA) is 63.8 Å². The van der Waals surface area contributed by atoms with E-state index in [-0.39, 0.29) is 0 Å². The van der Waals surface area contributed by atoms with Crippen LogP contribution in [-0.2, 0) is 6.54 Å². The van der Waals surface area contributed by atoms with Crippen molar-refractivity contribution in [3.8, 4) is 0 Å². The number of anilines is 2. The van der Waals surface area contributed by atoms with Crippen LogP contribution in [-0.4, -0.2) is 9.97 Å². The van der Waals surface area contributed by atoms with Gasteiger partial charge in [-0.15, -0.1) is 11.3 Å². The number of hydrogen-bond acceptors (Lipinski definition) is 5. The second-order valence-corrected chi connectivity index (χ2v) is 4.24. The smallest absolute Gasteiger partial charge is 0.149 e. The monoisotopic (exact) mass is 220 g/mol. The van der Waals surface area contributed by atoms with E-state index in [0.717, 1.165) is 16.3 Å². The van der Waals surface area contributed by atoms with Gasteiger partial charge in [-0.3, -0.25) is 4.98 Å². The van der Waals surface area contributed by atoms with E-state index in [1.807, 2.05) is 24.7 Å². The van der Waals surface area contributed by atoms with Crippen molar-refractivity contribution >= 4 is 22.8 Å². The summed E-state index contributed by atoms with van der Waals surface area (Å²) >= 11 is 1.61. The van der Waals surface area contributed by atoms with Crippen molar-refractivity contribution in [3.05, 3.63) is 34.4 Å². The summed E-state index contributed by atoms with van der Waals surface area (Å²) in [5, 5.41) is 3.18. The Bertz CT molecular complexity index is 439. The minimum Gasteiger partial charge on any atom is -0.396 e. The molecule has 2 aromatic rings. The molecule has 4 nitrogen and oxygen atoms in total. The lowest BCUT2D eigenvalue weighted by atomic mass is 10.3.